The summed E-state index contributed by atoms with van der Waals surface area (Å²) in [5.74, 6) is -1.93. The van der Waals surface area contributed by atoms with Gasteiger partial charge in [-0.25, -0.2) is 14.3 Å². The Morgan fingerprint density at radius 2 is 2.12 bits per heavy atom. The van der Waals surface area contributed by atoms with Gasteiger partial charge in [0.2, 0.25) is 0 Å². The lowest BCUT2D eigenvalue weighted by Crippen LogP contribution is -2.71. The van der Waals surface area contributed by atoms with E-state index in [1.807, 2.05) is 35.2 Å². The zero-order chi connectivity index (χ0) is 24.4. The molecule has 2 aliphatic heterocycles. The molecule has 1 saturated heterocycles. The first kappa shape index (κ1) is 23.7. The van der Waals surface area contributed by atoms with Gasteiger partial charge in [-0.15, -0.1) is 23.1 Å². The number of thioether (sulfide) groups is 1. The van der Waals surface area contributed by atoms with Crippen LogP contribution in [-0.2, 0) is 25.8 Å². The Kier molecular flexibility index (Phi) is 6.84. The Labute approximate surface area is 203 Å². The second-order valence-corrected chi connectivity index (χ2v) is 9.83. The fourth-order valence-corrected chi connectivity index (χ4v) is 5.42. The summed E-state index contributed by atoms with van der Waals surface area (Å²) in [7, 11) is 0. The minimum atomic E-state index is -1.18. The lowest BCUT2D eigenvalue weighted by atomic mass is 10.0. The zero-order valence-corrected chi connectivity index (χ0v) is 20.0. The lowest BCUT2D eigenvalue weighted by molar-refractivity contribution is -0.689. The van der Waals surface area contributed by atoms with E-state index in [9.17, 15) is 19.5 Å². The summed E-state index contributed by atoms with van der Waals surface area (Å²) in [6.45, 7) is 3.86. The molecule has 11 nitrogen and oxygen atoms in total. The van der Waals surface area contributed by atoms with Crippen LogP contribution in [0.25, 0.3) is 0 Å². The fourth-order valence-electron chi connectivity index (χ4n) is 3.53. The third-order valence-electron chi connectivity index (χ3n) is 5.02. The van der Waals surface area contributed by atoms with Gasteiger partial charge in [-0.2, -0.15) is 0 Å². The summed E-state index contributed by atoms with van der Waals surface area (Å²) < 4.78 is 1.85. The van der Waals surface area contributed by atoms with Gasteiger partial charge >= 0.3 is 5.97 Å². The van der Waals surface area contributed by atoms with Gasteiger partial charge in [0.15, 0.2) is 29.8 Å². The van der Waals surface area contributed by atoms with Crippen LogP contribution in [0.4, 0.5) is 5.13 Å². The number of oxime groups is 1. The van der Waals surface area contributed by atoms with Gasteiger partial charge in [0.1, 0.15) is 28.9 Å². The number of β-lactam (4-membered cyclic amide) rings is 1. The van der Waals surface area contributed by atoms with Crippen molar-refractivity contribution < 1.29 is 28.9 Å². The van der Waals surface area contributed by atoms with E-state index in [1.54, 1.807) is 19.2 Å². The topological polar surface area (TPSA) is 151 Å². The third-order valence-corrected chi connectivity index (χ3v) is 7.04. The molecule has 34 heavy (non-hydrogen) atoms. The van der Waals surface area contributed by atoms with Gasteiger partial charge in [-0.05, 0) is 13.8 Å². The number of carbonyl (C=O) groups is 3. The van der Waals surface area contributed by atoms with Crippen molar-refractivity contribution in [2.24, 2.45) is 5.16 Å². The minimum Gasteiger partial charge on any atom is -0.477 e. The molecule has 2 atom stereocenters. The number of nitrogens with two attached hydrogens (primary N) is 1. The molecule has 4 N–H and O–H groups in total. The number of carboxylic acid groups (broad SMARTS) is 1. The second kappa shape index (κ2) is 9.81. The Hall–Kier alpha value is -3.45. The van der Waals surface area contributed by atoms with Crippen LogP contribution in [-0.4, -0.2) is 61.8 Å². The van der Waals surface area contributed by atoms with Crippen LogP contribution in [0.2, 0.25) is 0 Å². The van der Waals surface area contributed by atoms with E-state index >= 15 is 0 Å². The summed E-state index contributed by atoms with van der Waals surface area (Å²) >= 11 is 2.54. The Morgan fingerprint density at radius 1 is 1.38 bits per heavy atom. The van der Waals surface area contributed by atoms with Crippen LogP contribution in [0, 0.1) is 0 Å². The fraction of sp³-hybridized carbons (Fsp3) is 0.333. The van der Waals surface area contributed by atoms with Gasteiger partial charge in [0.05, 0.1) is 0 Å². The van der Waals surface area contributed by atoms with Crippen LogP contribution in [0.5, 0.6) is 0 Å². The maximum Gasteiger partial charge on any atom is 0.352 e. The number of nitrogens with zero attached hydrogens (tertiary/aromatic N) is 4. The number of thiazole rings is 1. The molecule has 2 aliphatic rings. The highest BCUT2D eigenvalue weighted by Crippen LogP contribution is 2.40. The van der Waals surface area contributed by atoms with Crippen molar-refractivity contribution in [1.82, 2.24) is 15.2 Å². The van der Waals surface area contributed by atoms with Gasteiger partial charge in [0, 0.05) is 28.8 Å². The number of aliphatic carboxylic acids is 1. The summed E-state index contributed by atoms with van der Waals surface area (Å²) in [6.07, 6.45) is 3.38. The number of amides is 2. The van der Waals surface area contributed by atoms with E-state index < -0.39 is 29.2 Å². The number of nitrogens with one attached hydrogen (secondary N) is 1. The van der Waals surface area contributed by atoms with Crippen molar-refractivity contribution in [3.63, 3.8) is 0 Å². The summed E-state index contributed by atoms with van der Waals surface area (Å²) in [6, 6.07) is 4.65. The largest absolute Gasteiger partial charge is 0.477 e. The predicted octanol–water partition coefficient (Wildman–Crippen LogP) is 0.581. The molecule has 0 radical (unpaired) electrons. The molecule has 4 heterocycles. The minimum absolute atomic E-state index is 0.0418. The standard InChI is InChI=1S/C21H22N6O5S2/c1-11(2)32-25-14(13-10-34-21(22)23-13)17(28)24-15-18(29)27-16(20(30)31)12(9-33-19(15)27)8-26-6-4-3-5-7-26/h3-7,10-11,15,19H,8-9H2,1-2H3,(H3-,22,23,24,28,30,31)/p+1/t15?,19-/m0/s1. The van der Waals surface area contributed by atoms with Crippen LogP contribution in [0.3, 0.4) is 0 Å². The summed E-state index contributed by atoms with van der Waals surface area (Å²) in [4.78, 5) is 48.6. The molecule has 0 bridgehead atoms. The highest BCUT2D eigenvalue weighted by Gasteiger charge is 2.54. The van der Waals surface area contributed by atoms with E-state index in [4.69, 9.17) is 10.6 Å². The SMILES string of the molecule is CC(C)ON=C(C(=O)NC1C(=O)N2C(C(=O)O)=C(C[n+]3ccccc3)CS[C@@H]12)c1csc(N)n1. The van der Waals surface area contributed by atoms with E-state index in [0.717, 1.165) is 11.3 Å². The molecule has 1 unspecified atom stereocenters. The maximum atomic E-state index is 13.0. The van der Waals surface area contributed by atoms with Crippen LogP contribution >= 0.6 is 23.1 Å². The monoisotopic (exact) mass is 503 g/mol. The highest BCUT2D eigenvalue weighted by molar-refractivity contribution is 8.00. The van der Waals surface area contributed by atoms with Crippen LogP contribution in [0.1, 0.15) is 19.5 Å². The molecular weight excluding hydrogens is 480 g/mol. The van der Waals surface area contributed by atoms with Crippen molar-refractivity contribution in [3.05, 3.63) is 52.9 Å². The third kappa shape index (κ3) is 4.75. The predicted molar refractivity (Wildman–Crippen MR) is 126 cm³/mol. The second-order valence-electron chi connectivity index (χ2n) is 7.83. The molecule has 4 rings (SSSR count). The van der Waals surface area contributed by atoms with Crippen molar-refractivity contribution in [1.29, 1.82) is 0 Å². The van der Waals surface area contributed by atoms with Gasteiger partial charge in [-0.1, -0.05) is 11.2 Å². The molecule has 2 aromatic heterocycles. The number of rotatable bonds is 8. The molecule has 2 aromatic rings. The first-order chi connectivity index (χ1) is 16.3. The zero-order valence-electron chi connectivity index (χ0n) is 18.4. The molecule has 0 aromatic carbocycles. The number of pyridine rings is 1. The molecule has 0 aliphatic carbocycles. The van der Waals surface area contributed by atoms with E-state index in [2.05, 4.69) is 15.5 Å². The molecule has 0 saturated carbocycles. The Morgan fingerprint density at radius 3 is 2.74 bits per heavy atom. The smallest absolute Gasteiger partial charge is 0.352 e. The van der Waals surface area contributed by atoms with E-state index in [0.29, 0.717) is 17.9 Å². The first-order valence-corrected chi connectivity index (χ1v) is 12.3. The lowest BCUT2D eigenvalue weighted by Gasteiger charge is -2.49. The number of anilines is 1. The number of carbonyl (C=O) groups excluding carboxylic acids is 2. The molecule has 0 spiro atoms. The first-order valence-electron chi connectivity index (χ1n) is 10.4. The number of aromatic nitrogens is 2. The normalized spacial score (nSPS) is 20.1. The van der Waals surface area contributed by atoms with Crippen molar-refractivity contribution in [3.8, 4) is 0 Å². The van der Waals surface area contributed by atoms with Gasteiger partial charge in [0.25, 0.3) is 11.8 Å². The van der Waals surface area contributed by atoms with Crippen molar-refractivity contribution >= 4 is 51.7 Å². The summed E-state index contributed by atoms with van der Waals surface area (Å²) in [5.41, 5.74) is 6.39. The maximum absolute atomic E-state index is 13.0. The molecule has 1 fully saturated rings. The van der Waals surface area contributed by atoms with E-state index in [1.165, 1.54) is 16.7 Å². The van der Waals surface area contributed by atoms with Gasteiger partial charge < -0.3 is 21.0 Å². The number of fused-ring (bicyclic) bond motifs is 1. The van der Waals surface area contributed by atoms with E-state index in [-0.39, 0.29) is 28.3 Å². The molecule has 178 valence electrons. The number of hydrogen-bond acceptors (Lipinski definition) is 9. The van der Waals surface area contributed by atoms with Crippen LogP contribution < -0.4 is 15.6 Å². The highest BCUT2D eigenvalue weighted by atomic mass is 32.2. The summed E-state index contributed by atoms with van der Waals surface area (Å²) in [5, 5.41) is 17.7. The number of nitrogen functional groups attached to an aromatic ring is 1. The number of carboxylic acids is 1. The van der Waals surface area contributed by atoms with Gasteiger partial charge in [-0.3, -0.25) is 14.5 Å². The van der Waals surface area contributed by atoms with Crippen molar-refractivity contribution in [2.75, 3.05) is 11.5 Å². The average molecular weight is 504 g/mol. The van der Waals surface area contributed by atoms with Crippen LogP contribution in [0.15, 0.2) is 52.4 Å². The number of hydrogen-bond donors (Lipinski definition) is 3. The molecule has 13 heteroatoms. The quantitative estimate of drug-likeness (QED) is 0.205. The average Bonchev–Trinajstić information content (AvgIpc) is 3.23. The Balaban J connectivity index is 1.53. The molecule has 2 amide bonds. The van der Waals surface area contributed by atoms with Crippen molar-refractivity contribution in [2.45, 2.75) is 37.9 Å². The molecular formula is C21H23N6O5S2+. The Bertz CT molecular complexity index is 1180.